The fourth-order valence-corrected chi connectivity index (χ4v) is 4.40. The predicted molar refractivity (Wildman–Crippen MR) is 101 cm³/mol. The number of hydrogen-bond acceptors (Lipinski definition) is 6. The van der Waals surface area contributed by atoms with Crippen LogP contribution in [0.15, 0.2) is 24.3 Å². The number of benzene rings is 1. The van der Waals surface area contributed by atoms with Crippen molar-refractivity contribution in [2.24, 2.45) is 11.3 Å². The molecule has 0 aromatic heterocycles. The highest BCUT2D eigenvalue weighted by atomic mass is 16.5. The molecular formula is C20H25N5O3. The molecule has 148 valence electrons. The fourth-order valence-electron chi connectivity index (χ4n) is 4.40. The van der Waals surface area contributed by atoms with Gasteiger partial charge in [0.1, 0.15) is 0 Å². The number of rotatable bonds is 3. The maximum absolute atomic E-state index is 13.1. The summed E-state index contributed by atoms with van der Waals surface area (Å²) in [5.74, 6) is -1.08. The van der Waals surface area contributed by atoms with Crippen LogP contribution in [-0.2, 0) is 9.59 Å². The van der Waals surface area contributed by atoms with Crippen molar-refractivity contribution in [3.63, 3.8) is 0 Å². The highest BCUT2D eigenvalue weighted by molar-refractivity contribution is 5.90. The second-order valence-corrected chi connectivity index (χ2v) is 8.12. The lowest BCUT2D eigenvalue weighted by Gasteiger charge is -2.41. The summed E-state index contributed by atoms with van der Waals surface area (Å²) in [6, 6.07) is 8.98. The molecule has 1 aromatic carbocycles. The van der Waals surface area contributed by atoms with Crippen LogP contribution >= 0.6 is 0 Å². The minimum atomic E-state index is -0.583. The number of hydroxylamine groups is 1. The Morgan fingerprint density at radius 1 is 1.18 bits per heavy atom. The number of nitriles is 1. The molecule has 3 aliphatic rings. The van der Waals surface area contributed by atoms with E-state index in [0.29, 0.717) is 38.2 Å². The molecule has 3 fully saturated rings. The summed E-state index contributed by atoms with van der Waals surface area (Å²) in [5, 5.41) is 21.3. The largest absolute Gasteiger partial charge is 0.368 e. The molecule has 1 saturated carbocycles. The normalized spacial score (nSPS) is 25.9. The molecule has 2 amide bonds. The van der Waals surface area contributed by atoms with Crippen LogP contribution in [0.3, 0.4) is 0 Å². The minimum absolute atomic E-state index is 0.0661. The van der Waals surface area contributed by atoms with Crippen molar-refractivity contribution in [2.75, 3.05) is 37.6 Å². The molecule has 2 heterocycles. The van der Waals surface area contributed by atoms with Gasteiger partial charge < -0.3 is 15.1 Å². The molecule has 1 spiro atoms. The summed E-state index contributed by atoms with van der Waals surface area (Å²) in [5.41, 5.74) is 3.54. The van der Waals surface area contributed by atoms with Crippen molar-refractivity contribution < 1.29 is 14.8 Å². The second-order valence-electron chi connectivity index (χ2n) is 8.12. The van der Waals surface area contributed by atoms with Crippen LogP contribution in [0.25, 0.3) is 0 Å². The van der Waals surface area contributed by atoms with Gasteiger partial charge >= 0.3 is 0 Å². The summed E-state index contributed by atoms with van der Waals surface area (Å²) in [4.78, 5) is 29.3. The summed E-state index contributed by atoms with van der Waals surface area (Å²) < 4.78 is 0. The SMILES string of the molecule is N#Cc1ccc(N2CCN(C(=O)C3NCC4(CC4)CC3C(=O)NO)CC2)cc1. The first kappa shape index (κ1) is 18.7. The number of piperazine rings is 1. The van der Waals surface area contributed by atoms with Crippen molar-refractivity contribution >= 4 is 17.5 Å². The standard InChI is InChI=1S/C20H25N5O3/c21-12-14-1-3-15(4-2-14)24-7-9-25(10-8-24)19(27)17-16(18(26)23-28)11-20(5-6-20)13-22-17/h1-4,16-17,22,28H,5-11,13H2,(H,23,26). The van der Waals surface area contributed by atoms with Crippen molar-refractivity contribution in [3.8, 4) is 6.07 Å². The Balaban J connectivity index is 1.38. The second kappa shape index (κ2) is 7.41. The molecule has 1 aliphatic carbocycles. The maximum atomic E-state index is 13.1. The summed E-state index contributed by atoms with van der Waals surface area (Å²) in [6.07, 6.45) is 2.78. The van der Waals surface area contributed by atoms with Crippen molar-refractivity contribution in [1.82, 2.24) is 15.7 Å². The number of carbonyl (C=O) groups is 2. The van der Waals surface area contributed by atoms with Gasteiger partial charge in [-0.05, 0) is 48.9 Å². The number of hydrogen-bond donors (Lipinski definition) is 3. The summed E-state index contributed by atoms with van der Waals surface area (Å²) >= 11 is 0. The molecule has 8 nitrogen and oxygen atoms in total. The van der Waals surface area contributed by atoms with E-state index in [1.165, 1.54) is 0 Å². The highest BCUT2D eigenvalue weighted by Crippen LogP contribution is 2.52. The molecule has 4 rings (SSSR count). The Kier molecular flexibility index (Phi) is 4.96. The first-order valence-electron chi connectivity index (χ1n) is 9.76. The molecule has 2 atom stereocenters. The maximum Gasteiger partial charge on any atom is 0.248 e. The third kappa shape index (κ3) is 3.55. The van der Waals surface area contributed by atoms with Crippen molar-refractivity contribution in [1.29, 1.82) is 5.26 Å². The van der Waals surface area contributed by atoms with Crippen LogP contribution in [0.1, 0.15) is 24.8 Å². The van der Waals surface area contributed by atoms with Gasteiger partial charge in [0, 0.05) is 38.4 Å². The van der Waals surface area contributed by atoms with E-state index in [4.69, 9.17) is 10.5 Å². The molecule has 2 saturated heterocycles. The number of nitrogens with zero attached hydrogens (tertiary/aromatic N) is 3. The van der Waals surface area contributed by atoms with Gasteiger partial charge in [0.2, 0.25) is 11.8 Å². The average molecular weight is 383 g/mol. The number of nitrogens with one attached hydrogen (secondary N) is 2. The van der Waals surface area contributed by atoms with E-state index in [9.17, 15) is 9.59 Å². The number of anilines is 1. The van der Waals surface area contributed by atoms with Gasteiger partial charge in [-0.25, -0.2) is 5.48 Å². The molecule has 28 heavy (non-hydrogen) atoms. The molecule has 2 unspecified atom stereocenters. The number of carbonyl (C=O) groups excluding carboxylic acids is 2. The Labute approximate surface area is 164 Å². The van der Waals surface area contributed by atoms with E-state index < -0.39 is 17.9 Å². The van der Waals surface area contributed by atoms with Crippen LogP contribution in [0.2, 0.25) is 0 Å². The smallest absolute Gasteiger partial charge is 0.248 e. The summed E-state index contributed by atoms with van der Waals surface area (Å²) in [6.45, 7) is 3.31. The Bertz CT molecular complexity index is 791. The fraction of sp³-hybridized carbons (Fsp3) is 0.550. The topological polar surface area (TPSA) is 109 Å². The van der Waals surface area contributed by atoms with Gasteiger partial charge in [-0.15, -0.1) is 0 Å². The first-order valence-corrected chi connectivity index (χ1v) is 9.76. The third-order valence-electron chi connectivity index (χ3n) is 6.38. The zero-order valence-electron chi connectivity index (χ0n) is 15.7. The van der Waals surface area contributed by atoms with E-state index in [1.54, 1.807) is 22.5 Å². The lowest BCUT2D eigenvalue weighted by molar-refractivity contribution is -0.145. The van der Waals surface area contributed by atoms with Crippen molar-refractivity contribution in [3.05, 3.63) is 29.8 Å². The van der Waals surface area contributed by atoms with Gasteiger partial charge in [0.05, 0.1) is 23.6 Å². The van der Waals surface area contributed by atoms with Gasteiger partial charge in [-0.1, -0.05) is 0 Å². The van der Waals surface area contributed by atoms with E-state index in [-0.39, 0.29) is 11.3 Å². The Morgan fingerprint density at radius 2 is 1.86 bits per heavy atom. The average Bonchev–Trinajstić information content (AvgIpc) is 3.51. The highest BCUT2D eigenvalue weighted by Gasteiger charge is 2.52. The van der Waals surface area contributed by atoms with Gasteiger partial charge in [-0.2, -0.15) is 5.26 Å². The van der Waals surface area contributed by atoms with Crippen LogP contribution in [0.4, 0.5) is 5.69 Å². The molecule has 1 aromatic rings. The Morgan fingerprint density at radius 3 is 2.43 bits per heavy atom. The zero-order chi connectivity index (χ0) is 19.7. The Hall–Kier alpha value is -2.63. The number of amides is 2. The van der Waals surface area contributed by atoms with E-state index in [0.717, 1.165) is 25.1 Å². The van der Waals surface area contributed by atoms with Crippen molar-refractivity contribution in [2.45, 2.75) is 25.3 Å². The molecule has 8 heteroatoms. The van der Waals surface area contributed by atoms with Crippen LogP contribution in [-0.4, -0.2) is 60.7 Å². The van der Waals surface area contributed by atoms with Crippen LogP contribution in [0, 0.1) is 22.7 Å². The van der Waals surface area contributed by atoms with Gasteiger partial charge in [0.15, 0.2) is 0 Å². The quantitative estimate of drug-likeness (QED) is 0.517. The minimum Gasteiger partial charge on any atom is -0.368 e. The first-order chi connectivity index (χ1) is 13.5. The molecule has 2 aliphatic heterocycles. The molecular weight excluding hydrogens is 358 g/mol. The van der Waals surface area contributed by atoms with Gasteiger partial charge in [0.25, 0.3) is 0 Å². The molecule has 3 N–H and O–H groups in total. The summed E-state index contributed by atoms with van der Waals surface area (Å²) in [7, 11) is 0. The van der Waals surface area contributed by atoms with Crippen LogP contribution < -0.4 is 15.7 Å². The zero-order valence-corrected chi connectivity index (χ0v) is 15.7. The monoisotopic (exact) mass is 383 g/mol. The molecule has 0 bridgehead atoms. The lowest BCUT2D eigenvalue weighted by atomic mass is 9.81. The third-order valence-corrected chi connectivity index (χ3v) is 6.38. The van der Waals surface area contributed by atoms with Gasteiger partial charge in [-0.3, -0.25) is 14.8 Å². The van der Waals surface area contributed by atoms with Crippen LogP contribution in [0.5, 0.6) is 0 Å². The van der Waals surface area contributed by atoms with E-state index in [1.807, 2.05) is 12.1 Å². The predicted octanol–water partition coefficient (Wildman–Crippen LogP) is 0.471. The number of piperidine rings is 1. The van der Waals surface area contributed by atoms with E-state index >= 15 is 0 Å². The molecule has 0 radical (unpaired) electrons. The van der Waals surface area contributed by atoms with E-state index in [2.05, 4.69) is 16.3 Å². The lowest BCUT2D eigenvalue weighted by Crippen LogP contribution is -2.61.